The van der Waals surface area contributed by atoms with Crippen LogP contribution in [0.3, 0.4) is 0 Å². The van der Waals surface area contributed by atoms with Crippen LogP contribution in [0.1, 0.15) is 50.5 Å². The summed E-state index contributed by atoms with van der Waals surface area (Å²) in [7, 11) is 0. The minimum Gasteiger partial charge on any atom is -0.396 e. The van der Waals surface area contributed by atoms with Gasteiger partial charge in [0.2, 0.25) is 5.13 Å². The van der Waals surface area contributed by atoms with Crippen molar-refractivity contribution in [3.8, 4) is 0 Å². The Morgan fingerprint density at radius 2 is 2.14 bits per heavy atom. The maximum absolute atomic E-state index is 12.1. The van der Waals surface area contributed by atoms with Crippen molar-refractivity contribution in [2.24, 2.45) is 5.92 Å². The lowest BCUT2D eigenvalue weighted by atomic mass is 9.96. The van der Waals surface area contributed by atoms with Gasteiger partial charge in [-0.1, -0.05) is 37.5 Å². The van der Waals surface area contributed by atoms with Gasteiger partial charge in [-0.2, -0.15) is 0 Å². The smallest absolute Gasteiger partial charge is 0.321 e. The predicted octanol–water partition coefficient (Wildman–Crippen LogP) is 2.55. The highest BCUT2D eigenvalue weighted by Gasteiger charge is 2.24. The highest BCUT2D eigenvalue weighted by atomic mass is 32.1. The van der Waals surface area contributed by atoms with Crippen LogP contribution in [-0.4, -0.2) is 34.0 Å². The molecular formula is C14H24N4O2S. The molecule has 1 saturated carbocycles. The number of carbonyl (C=O) groups excluding carboxylic acids is 1. The minimum atomic E-state index is -0.250. The van der Waals surface area contributed by atoms with E-state index in [1.165, 1.54) is 17.8 Å². The van der Waals surface area contributed by atoms with E-state index < -0.39 is 0 Å². The second kappa shape index (κ2) is 8.29. The number of carbonyl (C=O) groups is 1. The summed E-state index contributed by atoms with van der Waals surface area (Å²) in [6.45, 7) is 2.21. The van der Waals surface area contributed by atoms with Crippen LogP contribution in [0, 0.1) is 5.92 Å². The van der Waals surface area contributed by atoms with Crippen molar-refractivity contribution in [3.05, 3.63) is 5.01 Å². The van der Waals surface area contributed by atoms with Gasteiger partial charge >= 0.3 is 6.03 Å². The van der Waals surface area contributed by atoms with Crippen LogP contribution in [0.5, 0.6) is 0 Å². The van der Waals surface area contributed by atoms with Gasteiger partial charge < -0.3 is 10.4 Å². The average Bonchev–Trinajstić information content (AvgIpc) is 2.77. The number of aliphatic hydroxyl groups excluding tert-OH is 1. The molecule has 118 valence electrons. The molecule has 1 aromatic heterocycles. The third kappa shape index (κ3) is 4.93. The maximum Gasteiger partial charge on any atom is 0.321 e. The van der Waals surface area contributed by atoms with E-state index in [0.29, 0.717) is 5.13 Å². The molecule has 0 bridgehead atoms. The number of hydrogen-bond acceptors (Lipinski definition) is 5. The largest absolute Gasteiger partial charge is 0.396 e. The van der Waals surface area contributed by atoms with Crippen LogP contribution in [0.2, 0.25) is 0 Å². The van der Waals surface area contributed by atoms with E-state index >= 15 is 0 Å². The molecule has 0 radical (unpaired) electrons. The van der Waals surface area contributed by atoms with Gasteiger partial charge in [0.15, 0.2) is 0 Å². The zero-order valence-electron chi connectivity index (χ0n) is 12.5. The fraction of sp³-hybridized carbons (Fsp3) is 0.786. The zero-order valence-corrected chi connectivity index (χ0v) is 13.3. The molecule has 1 aromatic rings. The van der Waals surface area contributed by atoms with Gasteiger partial charge in [-0.15, -0.1) is 10.2 Å². The number of aryl methyl sites for hydroxylation is 1. The summed E-state index contributed by atoms with van der Waals surface area (Å²) in [4.78, 5) is 12.1. The Morgan fingerprint density at radius 1 is 1.33 bits per heavy atom. The molecule has 21 heavy (non-hydrogen) atoms. The maximum atomic E-state index is 12.1. The second-order valence-corrected chi connectivity index (χ2v) is 6.60. The number of aliphatic hydroxyl groups is 1. The third-order valence-electron chi connectivity index (χ3n) is 3.86. The van der Waals surface area contributed by atoms with E-state index in [1.807, 2.05) is 0 Å². The van der Waals surface area contributed by atoms with Crippen LogP contribution < -0.4 is 10.6 Å². The Hall–Kier alpha value is -1.21. The SMILES string of the molecule is CCCc1nnc(NC(=O)NC2CCCCCC2CO)s1. The first-order valence-corrected chi connectivity index (χ1v) is 8.55. The summed E-state index contributed by atoms with van der Waals surface area (Å²) in [5.41, 5.74) is 0. The van der Waals surface area contributed by atoms with E-state index in [-0.39, 0.29) is 24.6 Å². The normalized spacial score (nSPS) is 22.6. The summed E-state index contributed by atoms with van der Waals surface area (Å²) in [5, 5.41) is 24.7. The molecule has 2 amide bonds. The summed E-state index contributed by atoms with van der Waals surface area (Å²) in [6.07, 6.45) is 7.20. The van der Waals surface area contributed by atoms with Gasteiger partial charge in [-0.3, -0.25) is 5.32 Å². The van der Waals surface area contributed by atoms with Gasteiger partial charge in [0, 0.05) is 25.0 Å². The third-order valence-corrected chi connectivity index (χ3v) is 4.76. The van der Waals surface area contributed by atoms with Crippen LogP contribution in [0.15, 0.2) is 0 Å². The van der Waals surface area contributed by atoms with Crippen molar-refractivity contribution >= 4 is 22.5 Å². The lowest BCUT2D eigenvalue weighted by Crippen LogP contribution is -2.43. The van der Waals surface area contributed by atoms with Crippen LogP contribution >= 0.6 is 11.3 Å². The summed E-state index contributed by atoms with van der Waals surface area (Å²) in [6, 6.07) is -0.208. The van der Waals surface area contributed by atoms with E-state index in [4.69, 9.17) is 0 Å². The molecule has 0 spiro atoms. The number of rotatable bonds is 5. The fourth-order valence-corrected chi connectivity index (χ4v) is 3.55. The van der Waals surface area contributed by atoms with Crippen LogP contribution in [0.4, 0.5) is 9.93 Å². The van der Waals surface area contributed by atoms with Crippen molar-refractivity contribution in [3.63, 3.8) is 0 Å². The number of nitrogens with one attached hydrogen (secondary N) is 2. The molecule has 1 aliphatic rings. The lowest BCUT2D eigenvalue weighted by molar-refractivity contribution is 0.182. The topological polar surface area (TPSA) is 87.1 Å². The quantitative estimate of drug-likeness (QED) is 0.729. The first-order valence-electron chi connectivity index (χ1n) is 7.73. The zero-order chi connectivity index (χ0) is 15.1. The molecule has 2 unspecified atom stereocenters. The monoisotopic (exact) mass is 312 g/mol. The second-order valence-electron chi connectivity index (χ2n) is 5.54. The Morgan fingerprint density at radius 3 is 2.90 bits per heavy atom. The van der Waals surface area contributed by atoms with E-state index in [1.54, 1.807) is 0 Å². The molecule has 0 saturated heterocycles. The predicted molar refractivity (Wildman–Crippen MR) is 83.5 cm³/mol. The van der Waals surface area contributed by atoms with Crippen molar-refractivity contribution in [1.29, 1.82) is 0 Å². The average molecular weight is 312 g/mol. The van der Waals surface area contributed by atoms with E-state index in [0.717, 1.165) is 43.5 Å². The molecule has 6 nitrogen and oxygen atoms in total. The van der Waals surface area contributed by atoms with Gasteiger partial charge in [0.25, 0.3) is 0 Å². The highest BCUT2D eigenvalue weighted by Crippen LogP contribution is 2.23. The molecule has 0 aromatic carbocycles. The lowest BCUT2D eigenvalue weighted by Gasteiger charge is -2.24. The molecule has 3 N–H and O–H groups in total. The Balaban J connectivity index is 1.87. The summed E-state index contributed by atoms with van der Waals surface area (Å²) < 4.78 is 0. The fourth-order valence-electron chi connectivity index (χ4n) is 2.71. The van der Waals surface area contributed by atoms with E-state index in [2.05, 4.69) is 27.8 Å². The molecule has 0 aliphatic heterocycles. The van der Waals surface area contributed by atoms with Gasteiger partial charge in [-0.25, -0.2) is 4.79 Å². The minimum absolute atomic E-state index is 0.0422. The number of amides is 2. The number of anilines is 1. The van der Waals surface area contributed by atoms with Crippen molar-refractivity contribution < 1.29 is 9.90 Å². The molecule has 2 rings (SSSR count). The van der Waals surface area contributed by atoms with Crippen molar-refractivity contribution in [2.75, 3.05) is 11.9 Å². The Kier molecular flexibility index (Phi) is 6.38. The van der Waals surface area contributed by atoms with Gasteiger partial charge in [0.1, 0.15) is 5.01 Å². The molecule has 2 atom stereocenters. The Labute approximate surface area is 129 Å². The first-order chi connectivity index (χ1) is 10.2. The molecule has 1 fully saturated rings. The standard InChI is InChI=1S/C14H24N4O2S/c1-2-6-12-17-18-14(21-12)16-13(20)15-11-8-5-3-4-7-10(11)9-19/h10-11,19H,2-9H2,1H3,(H2,15,16,18,20). The highest BCUT2D eigenvalue weighted by molar-refractivity contribution is 7.15. The molecule has 1 heterocycles. The van der Waals surface area contributed by atoms with Gasteiger partial charge in [-0.05, 0) is 19.3 Å². The number of urea groups is 1. The number of nitrogens with zero attached hydrogens (tertiary/aromatic N) is 2. The summed E-state index contributed by atoms with van der Waals surface area (Å²) >= 11 is 1.41. The van der Waals surface area contributed by atoms with Crippen molar-refractivity contribution in [1.82, 2.24) is 15.5 Å². The van der Waals surface area contributed by atoms with Crippen molar-refractivity contribution in [2.45, 2.75) is 57.9 Å². The summed E-state index contributed by atoms with van der Waals surface area (Å²) in [5.74, 6) is 0.156. The number of aromatic nitrogens is 2. The molecular weight excluding hydrogens is 288 g/mol. The number of hydrogen-bond donors (Lipinski definition) is 3. The first kappa shape index (κ1) is 16.2. The van der Waals surface area contributed by atoms with Crippen LogP contribution in [-0.2, 0) is 6.42 Å². The van der Waals surface area contributed by atoms with Crippen LogP contribution in [0.25, 0.3) is 0 Å². The Bertz CT molecular complexity index is 452. The van der Waals surface area contributed by atoms with E-state index in [9.17, 15) is 9.90 Å². The molecule has 7 heteroatoms. The van der Waals surface area contributed by atoms with Gasteiger partial charge in [0.05, 0.1) is 0 Å². The molecule has 1 aliphatic carbocycles.